The molecule has 1 aliphatic rings. The minimum Gasteiger partial charge on any atom is -0.493 e. The average Bonchev–Trinajstić information content (AvgIpc) is 2.65. The van der Waals surface area contributed by atoms with Gasteiger partial charge >= 0.3 is 0 Å². The number of hydrogen-bond donors (Lipinski definition) is 1. The van der Waals surface area contributed by atoms with E-state index < -0.39 is 0 Å². The molecule has 1 amide bonds. The van der Waals surface area contributed by atoms with Crippen molar-refractivity contribution in [3.63, 3.8) is 0 Å². The number of aryl methyl sites for hydroxylation is 1. The van der Waals surface area contributed by atoms with Crippen LogP contribution in [0.5, 0.6) is 5.75 Å². The molecule has 0 fully saturated rings. The highest BCUT2D eigenvalue weighted by Crippen LogP contribution is 2.30. The van der Waals surface area contributed by atoms with E-state index in [0.29, 0.717) is 25.5 Å². The molecule has 0 saturated carbocycles. The Kier molecular flexibility index (Phi) is 5.94. The van der Waals surface area contributed by atoms with E-state index in [-0.39, 0.29) is 11.9 Å². The molecule has 1 atom stereocenters. The number of anilines is 1. The lowest BCUT2D eigenvalue weighted by Gasteiger charge is -2.29. The lowest BCUT2D eigenvalue weighted by molar-refractivity contribution is -0.129. The summed E-state index contributed by atoms with van der Waals surface area (Å²) in [5.74, 6) is 2.56. The Hall–Kier alpha value is -2.63. The van der Waals surface area contributed by atoms with Gasteiger partial charge < -0.3 is 15.0 Å². The highest BCUT2D eigenvalue weighted by molar-refractivity contribution is 5.73. The summed E-state index contributed by atoms with van der Waals surface area (Å²) in [5, 5.41) is 3.55. The molecule has 3 rings (SSSR count). The highest BCUT2D eigenvalue weighted by atomic mass is 16.5. The first kappa shape index (κ1) is 19.1. The number of carbonyl (C=O) groups is 1. The molecule has 0 saturated heterocycles. The molecular weight excluding hydrogens is 340 g/mol. The third-order valence-corrected chi connectivity index (χ3v) is 4.82. The largest absolute Gasteiger partial charge is 0.493 e. The Labute approximate surface area is 161 Å². The molecular formula is C21H28N4O2. The standard InChI is InChI=1S/C21H28N4O2/c1-5-12-27-20-9-7-6-8-17(20)14(2)22-21-18-10-11-25(16(4)26)13-19(18)23-15(3)24-21/h6-9,14H,5,10-13H2,1-4H3,(H,22,23,24). The lowest BCUT2D eigenvalue weighted by Crippen LogP contribution is -2.35. The number of carbonyl (C=O) groups excluding carboxylic acids is 1. The van der Waals surface area contributed by atoms with Crippen LogP contribution in [0.15, 0.2) is 24.3 Å². The summed E-state index contributed by atoms with van der Waals surface area (Å²) in [5.41, 5.74) is 3.16. The Morgan fingerprint density at radius 3 is 2.85 bits per heavy atom. The van der Waals surface area contributed by atoms with E-state index in [0.717, 1.165) is 41.2 Å². The summed E-state index contributed by atoms with van der Waals surface area (Å²) in [4.78, 5) is 22.8. The summed E-state index contributed by atoms with van der Waals surface area (Å²) in [6.45, 7) is 9.66. The van der Waals surface area contributed by atoms with Crippen molar-refractivity contribution in [1.29, 1.82) is 0 Å². The van der Waals surface area contributed by atoms with Gasteiger partial charge in [-0.2, -0.15) is 0 Å². The fraction of sp³-hybridized carbons (Fsp3) is 0.476. The first-order valence-electron chi connectivity index (χ1n) is 9.59. The number of nitrogens with one attached hydrogen (secondary N) is 1. The Bertz CT molecular complexity index is 822. The van der Waals surface area contributed by atoms with Crippen LogP contribution in [0.4, 0.5) is 5.82 Å². The molecule has 1 aromatic carbocycles. The molecule has 1 N–H and O–H groups in total. The van der Waals surface area contributed by atoms with Gasteiger partial charge in [0.05, 0.1) is 24.9 Å². The number of para-hydroxylation sites is 1. The summed E-state index contributed by atoms with van der Waals surface area (Å²) in [7, 11) is 0. The summed E-state index contributed by atoms with van der Waals surface area (Å²) >= 11 is 0. The van der Waals surface area contributed by atoms with E-state index in [9.17, 15) is 4.79 Å². The van der Waals surface area contributed by atoms with E-state index in [2.05, 4.69) is 35.2 Å². The number of rotatable bonds is 6. The van der Waals surface area contributed by atoms with Crippen LogP contribution >= 0.6 is 0 Å². The van der Waals surface area contributed by atoms with E-state index in [1.807, 2.05) is 30.0 Å². The Balaban J connectivity index is 1.85. The molecule has 0 radical (unpaired) electrons. The zero-order valence-corrected chi connectivity index (χ0v) is 16.6. The molecule has 2 heterocycles. The number of fused-ring (bicyclic) bond motifs is 1. The predicted molar refractivity (Wildman–Crippen MR) is 106 cm³/mol. The maximum absolute atomic E-state index is 11.7. The molecule has 144 valence electrons. The van der Waals surface area contributed by atoms with Crippen LogP contribution in [-0.4, -0.2) is 33.9 Å². The van der Waals surface area contributed by atoms with Crippen LogP contribution in [0.3, 0.4) is 0 Å². The van der Waals surface area contributed by atoms with Crippen LogP contribution < -0.4 is 10.1 Å². The Morgan fingerprint density at radius 2 is 2.11 bits per heavy atom. The third kappa shape index (κ3) is 4.38. The molecule has 0 aliphatic carbocycles. The molecule has 1 aromatic heterocycles. The van der Waals surface area contributed by atoms with Gasteiger partial charge in [0, 0.05) is 24.6 Å². The van der Waals surface area contributed by atoms with Crippen molar-refractivity contribution >= 4 is 11.7 Å². The van der Waals surface area contributed by atoms with Crippen LogP contribution in [0.2, 0.25) is 0 Å². The third-order valence-electron chi connectivity index (χ3n) is 4.82. The number of aromatic nitrogens is 2. The topological polar surface area (TPSA) is 67.3 Å². The smallest absolute Gasteiger partial charge is 0.219 e. The van der Waals surface area contributed by atoms with Crippen LogP contribution in [0, 0.1) is 6.92 Å². The van der Waals surface area contributed by atoms with Crippen LogP contribution in [0.1, 0.15) is 55.9 Å². The van der Waals surface area contributed by atoms with E-state index >= 15 is 0 Å². The minimum atomic E-state index is 0.0438. The normalized spacial score (nSPS) is 14.4. The number of amides is 1. The van der Waals surface area contributed by atoms with Gasteiger partial charge in [0.25, 0.3) is 0 Å². The van der Waals surface area contributed by atoms with Crippen molar-refractivity contribution in [1.82, 2.24) is 14.9 Å². The van der Waals surface area contributed by atoms with E-state index in [4.69, 9.17) is 4.74 Å². The van der Waals surface area contributed by atoms with Gasteiger partial charge in [-0.25, -0.2) is 9.97 Å². The zero-order chi connectivity index (χ0) is 19.4. The molecule has 2 aromatic rings. The van der Waals surface area contributed by atoms with Crippen molar-refractivity contribution in [3.8, 4) is 5.75 Å². The summed E-state index contributed by atoms with van der Waals surface area (Å²) < 4.78 is 5.91. The second-order valence-electron chi connectivity index (χ2n) is 6.99. The van der Waals surface area contributed by atoms with Crippen molar-refractivity contribution in [2.75, 3.05) is 18.5 Å². The van der Waals surface area contributed by atoms with Crippen molar-refractivity contribution < 1.29 is 9.53 Å². The number of ether oxygens (including phenoxy) is 1. The highest BCUT2D eigenvalue weighted by Gasteiger charge is 2.24. The monoisotopic (exact) mass is 368 g/mol. The second kappa shape index (κ2) is 8.37. The maximum atomic E-state index is 11.7. The van der Waals surface area contributed by atoms with Gasteiger partial charge in [-0.15, -0.1) is 0 Å². The quantitative estimate of drug-likeness (QED) is 0.843. The fourth-order valence-corrected chi connectivity index (χ4v) is 3.41. The lowest BCUT2D eigenvalue weighted by atomic mass is 10.0. The molecule has 0 bridgehead atoms. The van der Waals surface area contributed by atoms with Crippen LogP contribution in [-0.2, 0) is 17.8 Å². The number of benzene rings is 1. The van der Waals surface area contributed by atoms with Crippen molar-refractivity contribution in [2.45, 2.75) is 53.1 Å². The molecule has 1 aliphatic heterocycles. The predicted octanol–water partition coefficient (Wildman–Crippen LogP) is 3.65. The fourth-order valence-electron chi connectivity index (χ4n) is 3.41. The van der Waals surface area contributed by atoms with Crippen molar-refractivity contribution in [3.05, 3.63) is 46.9 Å². The molecule has 0 spiro atoms. The van der Waals surface area contributed by atoms with Gasteiger partial charge in [0.15, 0.2) is 0 Å². The summed E-state index contributed by atoms with van der Waals surface area (Å²) in [6.07, 6.45) is 1.74. The molecule has 1 unspecified atom stereocenters. The van der Waals surface area contributed by atoms with Gasteiger partial charge in [0.1, 0.15) is 17.4 Å². The number of nitrogens with zero attached hydrogens (tertiary/aromatic N) is 3. The first-order chi connectivity index (χ1) is 13.0. The SMILES string of the molecule is CCCOc1ccccc1C(C)Nc1nc(C)nc2c1CCN(C(C)=O)C2. The summed E-state index contributed by atoms with van der Waals surface area (Å²) in [6, 6.07) is 8.16. The number of hydrogen-bond acceptors (Lipinski definition) is 5. The van der Waals surface area contributed by atoms with Crippen LogP contribution in [0.25, 0.3) is 0 Å². The Morgan fingerprint density at radius 1 is 1.33 bits per heavy atom. The first-order valence-corrected chi connectivity index (χ1v) is 9.59. The molecule has 6 nitrogen and oxygen atoms in total. The van der Waals surface area contributed by atoms with Gasteiger partial charge in [0.2, 0.25) is 5.91 Å². The zero-order valence-electron chi connectivity index (χ0n) is 16.6. The second-order valence-corrected chi connectivity index (χ2v) is 6.99. The molecule has 27 heavy (non-hydrogen) atoms. The molecule has 6 heteroatoms. The maximum Gasteiger partial charge on any atom is 0.219 e. The van der Waals surface area contributed by atoms with Crippen molar-refractivity contribution in [2.24, 2.45) is 0 Å². The van der Waals surface area contributed by atoms with Gasteiger partial charge in [-0.05, 0) is 32.8 Å². The minimum absolute atomic E-state index is 0.0438. The van der Waals surface area contributed by atoms with Gasteiger partial charge in [-0.3, -0.25) is 4.79 Å². The van der Waals surface area contributed by atoms with Gasteiger partial charge in [-0.1, -0.05) is 25.1 Å². The van der Waals surface area contributed by atoms with E-state index in [1.165, 1.54) is 0 Å². The van der Waals surface area contributed by atoms with E-state index in [1.54, 1.807) is 6.92 Å². The average molecular weight is 368 g/mol.